The quantitative estimate of drug-likeness (QED) is 0.652. The zero-order valence-electron chi connectivity index (χ0n) is 14.7. The zero-order chi connectivity index (χ0) is 15.8. The summed E-state index contributed by atoms with van der Waals surface area (Å²) in [4.78, 5) is 2.56. The summed E-state index contributed by atoms with van der Waals surface area (Å²) in [6.45, 7) is 8.89. The van der Waals surface area contributed by atoms with Gasteiger partial charge in [-0.25, -0.2) is 0 Å². The van der Waals surface area contributed by atoms with Gasteiger partial charge in [0.15, 0.2) is 0 Å². The Bertz CT molecular complexity index is 449. The molecular formula is C19H31NO. The maximum Gasteiger partial charge on any atom is 0.119 e. The summed E-state index contributed by atoms with van der Waals surface area (Å²) >= 11 is 0. The summed E-state index contributed by atoms with van der Waals surface area (Å²) in [5, 5.41) is 0. The van der Waals surface area contributed by atoms with Crippen LogP contribution in [0.1, 0.15) is 52.9 Å². The molecule has 0 aliphatic carbocycles. The smallest absolute Gasteiger partial charge is 0.119 e. The van der Waals surface area contributed by atoms with Crippen molar-refractivity contribution in [1.82, 2.24) is 4.90 Å². The van der Waals surface area contributed by atoms with Crippen LogP contribution in [0, 0.1) is 5.92 Å². The minimum atomic E-state index is 0.621. The molecule has 2 heteroatoms. The lowest BCUT2D eigenvalue weighted by Crippen LogP contribution is -2.35. The number of likely N-dealkylation sites (tertiary alicyclic amines) is 1. The van der Waals surface area contributed by atoms with Crippen LogP contribution in [0.4, 0.5) is 0 Å². The van der Waals surface area contributed by atoms with Gasteiger partial charge in [0.05, 0.1) is 7.98 Å². The monoisotopic (exact) mass is 290 g/mol. The average molecular weight is 290 g/mol. The van der Waals surface area contributed by atoms with E-state index in [0.717, 1.165) is 49.6 Å². The predicted octanol–water partition coefficient (Wildman–Crippen LogP) is 4.53. The van der Waals surface area contributed by atoms with Crippen molar-refractivity contribution in [3.05, 3.63) is 29.8 Å². The molecular weight excluding hydrogens is 258 g/mol. The Kier molecular flexibility index (Phi) is 6.45. The van der Waals surface area contributed by atoms with Gasteiger partial charge in [-0.15, -0.1) is 0 Å². The third-order valence-corrected chi connectivity index (χ3v) is 4.28. The highest BCUT2D eigenvalue weighted by Crippen LogP contribution is 2.16. The second kappa shape index (κ2) is 9.09. The lowest BCUT2D eigenvalue weighted by Gasteiger charge is -2.30. The van der Waals surface area contributed by atoms with E-state index in [1.54, 1.807) is 0 Å². The summed E-state index contributed by atoms with van der Waals surface area (Å²) in [5.74, 6) is 1.69. The van der Waals surface area contributed by atoms with E-state index in [9.17, 15) is 0 Å². The van der Waals surface area contributed by atoms with E-state index in [2.05, 4.69) is 24.8 Å². The van der Waals surface area contributed by atoms with E-state index in [4.69, 9.17) is 6.11 Å². The molecule has 21 heavy (non-hydrogen) atoms. The number of piperidine rings is 1. The van der Waals surface area contributed by atoms with Gasteiger partial charge in [0.1, 0.15) is 5.75 Å². The Hall–Kier alpha value is -1.02. The summed E-state index contributed by atoms with van der Waals surface area (Å²) in [7, 11) is 0. The van der Waals surface area contributed by atoms with Crippen molar-refractivity contribution in [2.45, 2.75) is 52.4 Å². The summed E-state index contributed by atoms with van der Waals surface area (Å²) in [6, 6.07) is 6.57. The fourth-order valence-corrected chi connectivity index (χ4v) is 3.02. The van der Waals surface area contributed by atoms with Crippen molar-refractivity contribution in [3.8, 4) is 5.75 Å². The van der Waals surface area contributed by atoms with Gasteiger partial charge in [-0.05, 0) is 62.3 Å². The Balaban J connectivity index is 1.69. The topological polar surface area (TPSA) is 12.5 Å². The molecule has 1 fully saturated rings. The molecule has 1 unspecified atom stereocenters. The Morgan fingerprint density at radius 1 is 1.33 bits per heavy atom. The second-order valence-corrected chi connectivity index (χ2v) is 6.40. The van der Waals surface area contributed by atoms with Gasteiger partial charge < -0.3 is 9.64 Å². The van der Waals surface area contributed by atoms with E-state index in [1.807, 2.05) is 12.1 Å². The van der Waals surface area contributed by atoms with Gasteiger partial charge in [-0.2, -0.15) is 0 Å². The predicted molar refractivity (Wildman–Crippen MR) is 90.0 cm³/mol. The highest BCUT2D eigenvalue weighted by atomic mass is 16.5. The first kappa shape index (κ1) is 14.9. The molecule has 0 aromatic heterocycles. The highest BCUT2D eigenvalue weighted by molar-refractivity contribution is 5.27. The number of rotatable bonds is 8. The van der Waals surface area contributed by atoms with Crippen LogP contribution in [0.2, 0.25) is 0 Å². The molecule has 0 amide bonds. The van der Waals surface area contributed by atoms with Crippen LogP contribution in [-0.2, 0) is 6.42 Å². The largest absolute Gasteiger partial charge is 0.494 e. The molecule has 1 aliphatic heterocycles. The molecule has 1 saturated heterocycles. The standard InChI is InChI=1S/C19H31NO/c1-3-4-8-18-9-11-19(12-10-18)21-15-6-14-20-13-5-7-17(2)16-20/h9-12,17H,3-8,13-16H2,1-2H3/i9D. The fourth-order valence-electron chi connectivity index (χ4n) is 3.02. The van der Waals surface area contributed by atoms with Crippen molar-refractivity contribution in [2.24, 2.45) is 5.92 Å². The van der Waals surface area contributed by atoms with Crippen LogP contribution in [0.5, 0.6) is 5.75 Å². The van der Waals surface area contributed by atoms with Crippen molar-refractivity contribution < 1.29 is 6.11 Å². The molecule has 2 nitrogen and oxygen atoms in total. The van der Waals surface area contributed by atoms with Crippen LogP contribution in [0.3, 0.4) is 0 Å². The molecule has 0 bridgehead atoms. The van der Waals surface area contributed by atoms with Crippen LogP contribution < -0.4 is 4.74 Å². The summed E-state index contributed by atoms with van der Waals surface area (Å²) in [6.07, 6.45) is 7.11. The zero-order valence-corrected chi connectivity index (χ0v) is 13.7. The maximum absolute atomic E-state index is 8.06. The summed E-state index contributed by atoms with van der Waals surface area (Å²) in [5.41, 5.74) is 1.14. The lowest BCUT2D eigenvalue weighted by atomic mass is 10.0. The molecule has 1 aliphatic rings. The van der Waals surface area contributed by atoms with Gasteiger partial charge >= 0.3 is 0 Å². The molecule has 1 atom stereocenters. The molecule has 0 saturated carbocycles. The van der Waals surface area contributed by atoms with Crippen LogP contribution in [0.15, 0.2) is 24.2 Å². The molecule has 1 heterocycles. The van der Waals surface area contributed by atoms with Crippen LogP contribution >= 0.6 is 0 Å². The average Bonchev–Trinajstić information content (AvgIpc) is 2.51. The van der Waals surface area contributed by atoms with Crippen LogP contribution in [0.25, 0.3) is 0 Å². The molecule has 0 spiro atoms. The van der Waals surface area contributed by atoms with E-state index in [0.29, 0.717) is 6.04 Å². The number of hydrogen-bond acceptors (Lipinski definition) is 2. The normalized spacial score (nSPS) is 20.3. The first-order chi connectivity index (χ1) is 10.7. The number of ether oxygens (including phenoxy) is 1. The van der Waals surface area contributed by atoms with Crippen molar-refractivity contribution in [3.63, 3.8) is 0 Å². The fraction of sp³-hybridized carbons (Fsp3) is 0.684. The molecule has 1 aromatic rings. The summed E-state index contributed by atoms with van der Waals surface area (Å²) < 4.78 is 13.9. The van der Waals surface area contributed by atoms with Crippen molar-refractivity contribution >= 4 is 0 Å². The van der Waals surface area contributed by atoms with E-state index in [1.165, 1.54) is 32.4 Å². The maximum atomic E-state index is 8.06. The van der Waals surface area contributed by atoms with Crippen LogP contribution in [-0.4, -0.2) is 31.1 Å². The minimum Gasteiger partial charge on any atom is -0.494 e. The SMILES string of the molecule is [2H]c1cc(OCCCN2CCCC(C)C2)ccc1CCCC. The highest BCUT2D eigenvalue weighted by Gasteiger charge is 2.15. The number of benzene rings is 1. The van der Waals surface area contributed by atoms with Crippen molar-refractivity contribution in [2.75, 3.05) is 26.2 Å². The minimum absolute atomic E-state index is 0.621. The molecule has 118 valence electrons. The molecule has 0 radical (unpaired) electrons. The van der Waals surface area contributed by atoms with Gasteiger partial charge in [0.2, 0.25) is 0 Å². The molecule has 0 N–H and O–H groups in total. The third-order valence-electron chi connectivity index (χ3n) is 4.28. The van der Waals surface area contributed by atoms with Gasteiger partial charge in [-0.3, -0.25) is 0 Å². The Morgan fingerprint density at radius 3 is 3.00 bits per heavy atom. The first-order valence-electron chi connectivity index (χ1n) is 9.13. The van der Waals surface area contributed by atoms with Gasteiger partial charge in [-0.1, -0.05) is 32.4 Å². The van der Waals surface area contributed by atoms with Crippen molar-refractivity contribution in [1.29, 1.82) is 0 Å². The molecule has 2 rings (SSSR count). The Labute approximate surface area is 131 Å². The number of unbranched alkanes of at least 4 members (excludes halogenated alkanes) is 1. The van der Waals surface area contributed by atoms with E-state index >= 15 is 0 Å². The first-order valence-corrected chi connectivity index (χ1v) is 8.63. The van der Waals surface area contributed by atoms with E-state index in [-0.39, 0.29) is 0 Å². The third kappa shape index (κ3) is 6.09. The van der Waals surface area contributed by atoms with Gasteiger partial charge in [0, 0.05) is 13.1 Å². The second-order valence-electron chi connectivity index (χ2n) is 6.40. The number of nitrogens with zero attached hydrogens (tertiary/aromatic N) is 1. The number of aryl methyl sites for hydroxylation is 1. The van der Waals surface area contributed by atoms with E-state index < -0.39 is 0 Å². The molecule has 1 aromatic carbocycles. The lowest BCUT2D eigenvalue weighted by molar-refractivity contribution is 0.170. The number of hydrogen-bond donors (Lipinski definition) is 0. The van der Waals surface area contributed by atoms with Gasteiger partial charge in [0.25, 0.3) is 0 Å². The Morgan fingerprint density at radius 2 is 2.24 bits per heavy atom.